The molecule has 0 amide bonds. The van der Waals surface area contributed by atoms with E-state index in [0.717, 1.165) is 19.4 Å². The summed E-state index contributed by atoms with van der Waals surface area (Å²) in [7, 11) is 0. The molecule has 0 bridgehead atoms. The van der Waals surface area contributed by atoms with Crippen LogP contribution >= 0.6 is 11.3 Å². The van der Waals surface area contributed by atoms with E-state index in [4.69, 9.17) is 0 Å². The van der Waals surface area contributed by atoms with Crippen molar-refractivity contribution in [3.8, 4) is 0 Å². The summed E-state index contributed by atoms with van der Waals surface area (Å²) >= 11 is 1.70. The summed E-state index contributed by atoms with van der Waals surface area (Å²) in [5.41, 5.74) is 0. The van der Waals surface area contributed by atoms with Gasteiger partial charge in [-0.15, -0.1) is 11.3 Å². The molecule has 1 aromatic rings. The maximum absolute atomic E-state index is 11.2. The minimum Gasteiger partial charge on any atom is -0.480 e. The maximum atomic E-state index is 11.2. The van der Waals surface area contributed by atoms with Crippen LogP contribution in [0, 0.1) is 0 Å². The Kier molecular flexibility index (Phi) is 3.61. The van der Waals surface area contributed by atoms with E-state index in [1.807, 2.05) is 18.4 Å². The van der Waals surface area contributed by atoms with E-state index in [2.05, 4.69) is 11.0 Å². The van der Waals surface area contributed by atoms with Crippen molar-refractivity contribution >= 4 is 17.3 Å². The average molecular weight is 239 g/mol. The van der Waals surface area contributed by atoms with E-state index in [1.165, 1.54) is 4.88 Å². The molecule has 0 saturated heterocycles. The molecule has 88 valence electrons. The number of aliphatic carboxylic acids is 1. The average Bonchev–Trinajstić information content (AvgIpc) is 2.96. The maximum Gasteiger partial charge on any atom is 0.320 e. The predicted octanol–water partition coefficient (Wildman–Crippen LogP) is 2.58. The lowest BCUT2D eigenvalue weighted by atomic mass is 10.2. The summed E-state index contributed by atoms with van der Waals surface area (Å²) in [5.74, 6) is -0.689. The molecule has 1 aliphatic carbocycles. The van der Waals surface area contributed by atoms with Crippen molar-refractivity contribution in [1.29, 1.82) is 0 Å². The fourth-order valence-electron chi connectivity index (χ4n) is 2.03. The Balaban J connectivity index is 2.07. The molecule has 1 aliphatic rings. The van der Waals surface area contributed by atoms with Crippen LogP contribution in [-0.4, -0.2) is 28.1 Å². The summed E-state index contributed by atoms with van der Waals surface area (Å²) in [4.78, 5) is 14.6. The number of carbonyl (C=O) groups is 1. The third-order valence-corrected chi connectivity index (χ3v) is 3.87. The van der Waals surface area contributed by atoms with Crippen molar-refractivity contribution in [1.82, 2.24) is 4.90 Å². The van der Waals surface area contributed by atoms with Crippen LogP contribution in [0.3, 0.4) is 0 Å². The van der Waals surface area contributed by atoms with Gasteiger partial charge in [0.15, 0.2) is 0 Å². The van der Waals surface area contributed by atoms with Gasteiger partial charge in [0.1, 0.15) is 6.04 Å². The highest BCUT2D eigenvalue weighted by Crippen LogP contribution is 2.31. The first-order valence-corrected chi connectivity index (χ1v) is 6.61. The normalized spacial score (nSPS) is 17.6. The first kappa shape index (κ1) is 11.6. The monoisotopic (exact) mass is 239 g/mol. The van der Waals surface area contributed by atoms with Crippen LogP contribution < -0.4 is 0 Å². The van der Waals surface area contributed by atoms with Gasteiger partial charge in [0, 0.05) is 17.5 Å². The number of nitrogens with zero attached hydrogens (tertiary/aromatic N) is 1. The molecular weight excluding hydrogens is 222 g/mol. The number of carboxylic acids is 1. The lowest BCUT2D eigenvalue weighted by molar-refractivity contribution is -0.144. The second-order valence-corrected chi connectivity index (χ2v) is 5.28. The van der Waals surface area contributed by atoms with Crippen LogP contribution in [-0.2, 0) is 11.3 Å². The van der Waals surface area contributed by atoms with Crippen LogP contribution in [0.25, 0.3) is 0 Å². The molecule has 0 aliphatic heterocycles. The smallest absolute Gasteiger partial charge is 0.320 e. The van der Waals surface area contributed by atoms with Crippen molar-refractivity contribution in [3.05, 3.63) is 22.4 Å². The first-order valence-electron chi connectivity index (χ1n) is 5.73. The van der Waals surface area contributed by atoms with Crippen LogP contribution in [0.4, 0.5) is 0 Å². The van der Waals surface area contributed by atoms with Gasteiger partial charge in [-0.2, -0.15) is 0 Å². The van der Waals surface area contributed by atoms with E-state index in [1.54, 1.807) is 11.3 Å². The Morgan fingerprint density at radius 3 is 2.88 bits per heavy atom. The van der Waals surface area contributed by atoms with Gasteiger partial charge in [-0.25, -0.2) is 0 Å². The standard InChI is InChI=1S/C12H17NO2S/c1-2-11(12(14)15)13(9-5-6-9)8-10-4-3-7-16-10/h3-4,7,9,11H,2,5-6,8H2,1H3,(H,14,15). The molecule has 1 fully saturated rings. The van der Waals surface area contributed by atoms with E-state index < -0.39 is 5.97 Å². The summed E-state index contributed by atoms with van der Waals surface area (Å²) in [6.07, 6.45) is 2.97. The van der Waals surface area contributed by atoms with Gasteiger partial charge in [-0.05, 0) is 30.7 Å². The predicted molar refractivity (Wildman–Crippen MR) is 64.6 cm³/mol. The van der Waals surface area contributed by atoms with E-state index in [9.17, 15) is 9.90 Å². The summed E-state index contributed by atoms with van der Waals surface area (Å²) in [5, 5.41) is 11.3. The minimum absolute atomic E-state index is 0.324. The molecule has 0 aromatic carbocycles. The Hall–Kier alpha value is -0.870. The van der Waals surface area contributed by atoms with Gasteiger partial charge in [0.2, 0.25) is 0 Å². The van der Waals surface area contributed by atoms with E-state index in [0.29, 0.717) is 12.5 Å². The third kappa shape index (κ3) is 2.62. The van der Waals surface area contributed by atoms with Gasteiger partial charge >= 0.3 is 5.97 Å². The Labute approximate surface area is 99.7 Å². The van der Waals surface area contributed by atoms with Crippen molar-refractivity contribution in [2.45, 2.75) is 44.8 Å². The number of hydrogen-bond donors (Lipinski definition) is 1. The highest BCUT2D eigenvalue weighted by atomic mass is 32.1. The molecule has 3 nitrogen and oxygen atoms in total. The zero-order valence-electron chi connectivity index (χ0n) is 9.43. The van der Waals surface area contributed by atoms with Crippen molar-refractivity contribution in [2.24, 2.45) is 0 Å². The summed E-state index contributed by atoms with van der Waals surface area (Å²) in [6, 6.07) is 4.26. The zero-order valence-corrected chi connectivity index (χ0v) is 10.2. The second kappa shape index (κ2) is 4.97. The summed E-state index contributed by atoms with van der Waals surface area (Å²) < 4.78 is 0. The SMILES string of the molecule is CCC(C(=O)O)N(Cc1cccs1)C1CC1. The number of rotatable bonds is 6. The van der Waals surface area contributed by atoms with Gasteiger partial charge < -0.3 is 5.11 Å². The molecule has 0 spiro atoms. The fraction of sp³-hybridized carbons (Fsp3) is 0.583. The molecule has 4 heteroatoms. The third-order valence-electron chi connectivity index (χ3n) is 3.01. The molecule has 2 rings (SSSR count). The molecule has 1 unspecified atom stereocenters. The summed E-state index contributed by atoms with van der Waals surface area (Å²) in [6.45, 7) is 2.73. The largest absolute Gasteiger partial charge is 0.480 e. The fourth-order valence-corrected chi connectivity index (χ4v) is 2.75. The Bertz CT molecular complexity index is 346. The molecule has 1 saturated carbocycles. The van der Waals surface area contributed by atoms with E-state index >= 15 is 0 Å². The van der Waals surface area contributed by atoms with Crippen molar-refractivity contribution in [3.63, 3.8) is 0 Å². The Morgan fingerprint density at radius 1 is 1.69 bits per heavy atom. The van der Waals surface area contributed by atoms with Gasteiger partial charge in [-0.3, -0.25) is 9.69 Å². The number of hydrogen-bond acceptors (Lipinski definition) is 3. The van der Waals surface area contributed by atoms with Crippen LogP contribution in [0.1, 0.15) is 31.1 Å². The molecule has 16 heavy (non-hydrogen) atoms. The first-order chi connectivity index (χ1) is 7.72. The lowest BCUT2D eigenvalue weighted by Gasteiger charge is -2.27. The number of thiophene rings is 1. The zero-order chi connectivity index (χ0) is 11.5. The van der Waals surface area contributed by atoms with Gasteiger partial charge in [0.05, 0.1) is 0 Å². The van der Waals surface area contributed by atoms with Crippen LogP contribution in [0.2, 0.25) is 0 Å². The van der Waals surface area contributed by atoms with Crippen molar-refractivity contribution < 1.29 is 9.90 Å². The Morgan fingerprint density at radius 2 is 2.44 bits per heavy atom. The molecule has 1 N–H and O–H groups in total. The lowest BCUT2D eigenvalue weighted by Crippen LogP contribution is -2.41. The highest BCUT2D eigenvalue weighted by Gasteiger charge is 2.36. The van der Waals surface area contributed by atoms with Crippen molar-refractivity contribution in [2.75, 3.05) is 0 Å². The molecule has 1 aromatic heterocycles. The molecule has 1 heterocycles. The minimum atomic E-state index is -0.689. The molecule has 0 radical (unpaired) electrons. The van der Waals surface area contributed by atoms with Crippen LogP contribution in [0.5, 0.6) is 0 Å². The van der Waals surface area contributed by atoms with E-state index in [-0.39, 0.29) is 6.04 Å². The molecule has 1 atom stereocenters. The number of carboxylic acid groups (broad SMARTS) is 1. The quantitative estimate of drug-likeness (QED) is 0.829. The van der Waals surface area contributed by atoms with Crippen LogP contribution in [0.15, 0.2) is 17.5 Å². The highest BCUT2D eigenvalue weighted by molar-refractivity contribution is 7.09. The topological polar surface area (TPSA) is 40.5 Å². The molecular formula is C12H17NO2S. The van der Waals surface area contributed by atoms with Gasteiger partial charge in [-0.1, -0.05) is 13.0 Å². The van der Waals surface area contributed by atoms with Gasteiger partial charge in [0.25, 0.3) is 0 Å². The second-order valence-electron chi connectivity index (χ2n) is 4.25.